The second kappa shape index (κ2) is 17.9. The molecule has 2 saturated carbocycles. The predicted octanol–water partition coefficient (Wildman–Crippen LogP) is 7.98. The first-order valence-electron chi connectivity index (χ1n) is 17.2. The number of esters is 2. The molecule has 2 fully saturated rings. The normalized spacial score (nSPS) is 23.0. The summed E-state index contributed by atoms with van der Waals surface area (Å²) in [7, 11) is 0. The first-order chi connectivity index (χ1) is 22.4. The lowest BCUT2D eigenvalue weighted by Crippen LogP contribution is -2.34. The number of thioether (sulfide) groups is 2. The zero-order valence-corrected chi connectivity index (χ0v) is 29.6. The van der Waals surface area contributed by atoms with E-state index < -0.39 is 0 Å². The van der Waals surface area contributed by atoms with Crippen molar-refractivity contribution < 1.29 is 19.1 Å². The molecule has 2 N–H and O–H groups in total. The third kappa shape index (κ3) is 8.55. The SMILES string of the molecule is CCOC(=O)C1=C(C)NC(SCCCCSC2=C(C#N)[C@@H](C3CCCCC3)C(C(=O)OCC)=C(C)N2)=C(C#N)[C@H]1C1CCCCC1. The van der Waals surface area contributed by atoms with E-state index in [2.05, 4.69) is 22.8 Å². The van der Waals surface area contributed by atoms with Crippen molar-refractivity contribution in [1.82, 2.24) is 10.6 Å². The molecular formula is C36H50N4O4S2. The van der Waals surface area contributed by atoms with Gasteiger partial charge in [0.15, 0.2) is 0 Å². The minimum atomic E-state index is -0.315. The maximum Gasteiger partial charge on any atom is 0.336 e. The molecular weight excluding hydrogens is 617 g/mol. The highest BCUT2D eigenvalue weighted by Crippen LogP contribution is 2.45. The number of nitrogens with one attached hydrogen (secondary N) is 2. The molecule has 2 aliphatic carbocycles. The maximum atomic E-state index is 13.0. The largest absolute Gasteiger partial charge is 0.463 e. The number of hydrogen-bond acceptors (Lipinski definition) is 10. The van der Waals surface area contributed by atoms with Crippen molar-refractivity contribution >= 4 is 35.5 Å². The van der Waals surface area contributed by atoms with Crippen molar-refractivity contribution in [2.24, 2.45) is 23.7 Å². The molecule has 4 aliphatic rings. The van der Waals surface area contributed by atoms with Gasteiger partial charge in [0.05, 0.1) is 57.7 Å². The topological polar surface area (TPSA) is 124 Å². The summed E-state index contributed by atoms with van der Waals surface area (Å²) in [5.41, 5.74) is 4.17. The molecule has 2 atom stereocenters. The number of nitriles is 2. The van der Waals surface area contributed by atoms with Crippen molar-refractivity contribution in [2.75, 3.05) is 24.7 Å². The number of hydrogen-bond donors (Lipinski definition) is 2. The van der Waals surface area contributed by atoms with Crippen molar-refractivity contribution in [3.63, 3.8) is 0 Å². The van der Waals surface area contributed by atoms with Crippen LogP contribution in [0.5, 0.6) is 0 Å². The van der Waals surface area contributed by atoms with Crippen LogP contribution in [-0.4, -0.2) is 36.7 Å². The molecule has 0 bridgehead atoms. The molecule has 0 aromatic carbocycles. The summed E-state index contributed by atoms with van der Waals surface area (Å²) in [6.45, 7) is 8.10. The maximum absolute atomic E-state index is 13.0. The smallest absolute Gasteiger partial charge is 0.336 e. The number of unbranched alkanes of at least 4 members (excludes halogenated alkanes) is 1. The second-order valence-corrected chi connectivity index (χ2v) is 14.8. The molecule has 46 heavy (non-hydrogen) atoms. The van der Waals surface area contributed by atoms with Crippen LogP contribution < -0.4 is 10.6 Å². The van der Waals surface area contributed by atoms with Crippen molar-refractivity contribution in [1.29, 1.82) is 10.5 Å². The first-order valence-corrected chi connectivity index (χ1v) is 19.2. The Morgan fingerprint density at radius 2 is 1.07 bits per heavy atom. The Bertz CT molecular complexity index is 1240. The summed E-state index contributed by atoms with van der Waals surface area (Å²) in [5, 5.41) is 29.2. The summed E-state index contributed by atoms with van der Waals surface area (Å²) in [6, 6.07) is 4.96. The molecule has 250 valence electrons. The van der Waals surface area contributed by atoms with Crippen LogP contribution in [0.15, 0.2) is 43.7 Å². The van der Waals surface area contributed by atoms with Crippen molar-refractivity contribution in [3.05, 3.63) is 43.7 Å². The molecule has 8 nitrogen and oxygen atoms in total. The van der Waals surface area contributed by atoms with Crippen molar-refractivity contribution in [3.8, 4) is 12.1 Å². The van der Waals surface area contributed by atoms with E-state index in [1.807, 2.05) is 27.7 Å². The van der Waals surface area contributed by atoms with E-state index in [-0.39, 0.29) is 35.6 Å². The Hall–Kier alpha value is -2.82. The van der Waals surface area contributed by atoms with Crippen LogP contribution in [0.4, 0.5) is 0 Å². The summed E-state index contributed by atoms with van der Waals surface area (Å²) in [6.07, 6.45) is 12.9. The van der Waals surface area contributed by atoms with Crippen LogP contribution in [0.1, 0.15) is 105 Å². The number of rotatable bonds is 13. The van der Waals surface area contributed by atoms with E-state index in [0.717, 1.165) is 97.2 Å². The number of allylic oxidation sites excluding steroid dienone is 4. The van der Waals surface area contributed by atoms with Gasteiger partial charge in [-0.15, -0.1) is 23.5 Å². The fourth-order valence-corrected chi connectivity index (χ4v) is 9.74. The van der Waals surface area contributed by atoms with Crippen LogP contribution in [0.25, 0.3) is 0 Å². The minimum absolute atomic E-state index is 0.217. The van der Waals surface area contributed by atoms with Crippen LogP contribution in [0.3, 0.4) is 0 Å². The molecule has 0 saturated heterocycles. The van der Waals surface area contributed by atoms with Gasteiger partial charge in [0, 0.05) is 23.2 Å². The van der Waals surface area contributed by atoms with Gasteiger partial charge in [-0.25, -0.2) is 9.59 Å². The zero-order valence-electron chi connectivity index (χ0n) is 28.0. The number of nitrogens with zero attached hydrogens (tertiary/aromatic N) is 2. The van der Waals surface area contributed by atoms with E-state index in [1.54, 1.807) is 23.5 Å². The van der Waals surface area contributed by atoms with Gasteiger partial charge >= 0.3 is 11.9 Å². The molecule has 0 aromatic heterocycles. The van der Waals surface area contributed by atoms with Crippen LogP contribution >= 0.6 is 23.5 Å². The first kappa shape index (κ1) is 36.0. The number of carbonyl (C=O) groups excluding carboxylic acids is 2. The zero-order chi connectivity index (χ0) is 33.1. The highest BCUT2D eigenvalue weighted by atomic mass is 32.2. The summed E-state index contributed by atoms with van der Waals surface area (Å²) >= 11 is 3.32. The van der Waals surface area contributed by atoms with Crippen molar-refractivity contribution in [2.45, 2.75) is 105 Å². The average molecular weight is 667 g/mol. The fraction of sp³-hybridized carbons (Fsp3) is 0.667. The van der Waals surface area contributed by atoms with Crippen LogP contribution in [0, 0.1) is 46.3 Å². The highest BCUT2D eigenvalue weighted by Gasteiger charge is 2.41. The number of ether oxygens (including phenoxy) is 2. The van der Waals surface area contributed by atoms with Gasteiger partial charge in [-0.3, -0.25) is 0 Å². The Morgan fingerprint density at radius 1 is 0.696 bits per heavy atom. The molecule has 0 spiro atoms. The summed E-state index contributed by atoms with van der Waals surface area (Å²) in [5.74, 6) is 1.15. The van der Waals surface area contributed by atoms with E-state index in [1.165, 1.54) is 12.8 Å². The molecule has 0 radical (unpaired) electrons. The highest BCUT2D eigenvalue weighted by molar-refractivity contribution is 8.03. The van der Waals surface area contributed by atoms with Gasteiger partial charge < -0.3 is 20.1 Å². The third-order valence-electron chi connectivity index (χ3n) is 9.65. The molecule has 10 heteroatoms. The Balaban J connectivity index is 1.40. The third-order valence-corrected chi connectivity index (χ3v) is 11.9. The minimum Gasteiger partial charge on any atom is -0.463 e. The van der Waals surface area contributed by atoms with E-state index >= 15 is 0 Å². The standard InChI is InChI=1S/C36H50N4O4S2/c1-5-43-35(41)29-23(3)39-33(27(21-37)31(29)25-15-9-7-10-16-25)45-19-13-14-20-46-34-28(22-38)32(26-17-11-8-12-18-26)30(24(4)40-34)36(42)44-6-2/h25-26,31-32,39-40H,5-20H2,1-4H3/t31-,32-/m1/s1. The predicted molar refractivity (Wildman–Crippen MR) is 184 cm³/mol. The Morgan fingerprint density at radius 3 is 1.39 bits per heavy atom. The average Bonchev–Trinajstić information content (AvgIpc) is 3.06. The number of dihydropyridines is 2. The van der Waals surface area contributed by atoms with Crippen LogP contribution in [0.2, 0.25) is 0 Å². The molecule has 0 unspecified atom stereocenters. The van der Waals surface area contributed by atoms with Gasteiger partial charge in [-0.2, -0.15) is 10.5 Å². The molecule has 2 heterocycles. The van der Waals surface area contributed by atoms with E-state index in [0.29, 0.717) is 35.5 Å². The molecule has 0 amide bonds. The Labute approximate surface area is 283 Å². The quantitative estimate of drug-likeness (QED) is 0.148. The second-order valence-electron chi connectivity index (χ2n) is 12.6. The fourth-order valence-electron chi connectivity index (χ4n) is 7.52. The van der Waals surface area contributed by atoms with Crippen LogP contribution in [-0.2, 0) is 19.1 Å². The van der Waals surface area contributed by atoms with Gasteiger partial charge in [0.2, 0.25) is 0 Å². The molecule has 2 aliphatic heterocycles. The lowest BCUT2D eigenvalue weighted by atomic mass is 9.72. The van der Waals surface area contributed by atoms with Gasteiger partial charge in [-0.1, -0.05) is 38.5 Å². The monoisotopic (exact) mass is 666 g/mol. The molecule has 4 rings (SSSR count). The summed E-state index contributed by atoms with van der Waals surface area (Å²) < 4.78 is 10.9. The van der Waals surface area contributed by atoms with Gasteiger partial charge in [-0.05, 0) is 89.6 Å². The van der Waals surface area contributed by atoms with Gasteiger partial charge in [0.25, 0.3) is 0 Å². The van der Waals surface area contributed by atoms with E-state index in [9.17, 15) is 20.1 Å². The lowest BCUT2D eigenvalue weighted by molar-refractivity contribution is -0.140. The molecule has 0 aromatic rings. The Kier molecular flexibility index (Phi) is 14.0. The van der Waals surface area contributed by atoms with E-state index in [4.69, 9.17) is 9.47 Å². The summed E-state index contributed by atoms with van der Waals surface area (Å²) in [4.78, 5) is 26.1. The number of carbonyl (C=O) groups is 2. The lowest BCUT2D eigenvalue weighted by Gasteiger charge is -2.36. The van der Waals surface area contributed by atoms with Gasteiger partial charge in [0.1, 0.15) is 0 Å².